The molecule has 0 saturated carbocycles. The quantitative estimate of drug-likeness (QED) is 0.850. The monoisotopic (exact) mass is 242 g/mol. The van der Waals surface area contributed by atoms with E-state index in [0.29, 0.717) is 11.3 Å². The average molecular weight is 242 g/mol. The van der Waals surface area contributed by atoms with E-state index >= 15 is 0 Å². The molecule has 0 aliphatic rings. The Morgan fingerprint density at radius 1 is 1.53 bits per heavy atom. The molecule has 0 radical (unpaired) electrons. The Kier molecular flexibility index (Phi) is 4.17. The lowest BCUT2D eigenvalue weighted by molar-refractivity contribution is -0.114. The molecule has 1 rings (SSSR count). The third-order valence-electron chi connectivity index (χ3n) is 2.33. The van der Waals surface area contributed by atoms with E-state index in [0.717, 1.165) is 0 Å². The van der Waals surface area contributed by atoms with Gasteiger partial charge in [0.15, 0.2) is 0 Å². The summed E-state index contributed by atoms with van der Waals surface area (Å²) in [5.74, 6) is -0.202. The number of hydrogen-bond donors (Lipinski definition) is 2. The van der Waals surface area contributed by atoms with Gasteiger partial charge in [0.25, 0.3) is 6.43 Å². The molecule has 0 aliphatic heterocycles. The number of hydrogen-bond acceptors (Lipinski definition) is 2. The number of amides is 1. The molecule has 3 N–H and O–H groups in total. The summed E-state index contributed by atoms with van der Waals surface area (Å²) in [6.45, 7) is 2.70. The highest BCUT2D eigenvalue weighted by Crippen LogP contribution is 2.20. The molecule has 1 aromatic rings. The van der Waals surface area contributed by atoms with Crippen LogP contribution in [0.25, 0.3) is 0 Å². The van der Waals surface area contributed by atoms with E-state index in [9.17, 15) is 13.6 Å². The van der Waals surface area contributed by atoms with Crippen LogP contribution in [-0.4, -0.2) is 17.9 Å². The predicted molar refractivity (Wildman–Crippen MR) is 63.0 cm³/mol. The summed E-state index contributed by atoms with van der Waals surface area (Å²) in [5.41, 5.74) is 5.20. The zero-order chi connectivity index (χ0) is 13.1. The number of benzene rings is 1. The SMILES string of the molecule is CC(=O)Nc1cccc(CC(C)(N)C(F)F)c1. The van der Waals surface area contributed by atoms with Crippen LogP contribution in [0.2, 0.25) is 0 Å². The molecule has 94 valence electrons. The van der Waals surface area contributed by atoms with Crippen molar-refractivity contribution in [3.8, 4) is 0 Å². The summed E-state index contributed by atoms with van der Waals surface area (Å²) in [7, 11) is 0. The number of anilines is 1. The molecular formula is C12H16F2N2O. The van der Waals surface area contributed by atoms with Gasteiger partial charge in [-0.25, -0.2) is 8.78 Å². The summed E-state index contributed by atoms with van der Waals surface area (Å²) >= 11 is 0. The van der Waals surface area contributed by atoms with E-state index in [1.807, 2.05) is 0 Å². The lowest BCUT2D eigenvalue weighted by Crippen LogP contribution is -2.45. The molecule has 0 heterocycles. The Morgan fingerprint density at radius 2 is 2.18 bits per heavy atom. The first kappa shape index (κ1) is 13.6. The van der Waals surface area contributed by atoms with Crippen LogP contribution in [-0.2, 0) is 11.2 Å². The Labute approximate surface area is 99.0 Å². The molecule has 3 nitrogen and oxygen atoms in total. The molecule has 0 aromatic heterocycles. The number of carbonyl (C=O) groups is 1. The molecule has 0 saturated heterocycles. The van der Waals surface area contributed by atoms with Gasteiger partial charge in [-0.05, 0) is 31.0 Å². The van der Waals surface area contributed by atoms with E-state index in [1.54, 1.807) is 24.3 Å². The van der Waals surface area contributed by atoms with Crippen molar-refractivity contribution in [2.45, 2.75) is 32.2 Å². The maximum atomic E-state index is 12.6. The van der Waals surface area contributed by atoms with Crippen molar-refractivity contribution in [2.75, 3.05) is 5.32 Å². The minimum Gasteiger partial charge on any atom is -0.326 e. The number of nitrogens with two attached hydrogens (primary N) is 1. The molecule has 1 unspecified atom stereocenters. The van der Waals surface area contributed by atoms with Gasteiger partial charge in [0.05, 0.1) is 5.54 Å². The molecule has 17 heavy (non-hydrogen) atoms. The van der Waals surface area contributed by atoms with E-state index in [-0.39, 0.29) is 12.3 Å². The minimum absolute atomic E-state index is 0.0537. The van der Waals surface area contributed by atoms with Crippen molar-refractivity contribution in [3.05, 3.63) is 29.8 Å². The zero-order valence-electron chi connectivity index (χ0n) is 9.84. The van der Waals surface area contributed by atoms with Crippen molar-refractivity contribution in [1.82, 2.24) is 0 Å². The Balaban J connectivity index is 2.82. The van der Waals surface area contributed by atoms with Gasteiger partial charge < -0.3 is 11.1 Å². The summed E-state index contributed by atoms with van der Waals surface area (Å²) in [6, 6.07) is 6.75. The van der Waals surface area contributed by atoms with Crippen LogP contribution < -0.4 is 11.1 Å². The molecule has 1 atom stereocenters. The molecule has 0 aliphatic carbocycles. The first-order valence-corrected chi connectivity index (χ1v) is 5.25. The standard InChI is InChI=1S/C12H16F2N2O/c1-8(17)16-10-5-3-4-9(6-10)7-12(2,15)11(13)14/h3-6,11H,7,15H2,1-2H3,(H,16,17). The van der Waals surface area contributed by atoms with Gasteiger partial charge in [-0.3, -0.25) is 4.79 Å². The summed E-state index contributed by atoms with van der Waals surface area (Å²) in [6.07, 6.45) is -2.54. The zero-order valence-corrected chi connectivity index (χ0v) is 9.84. The normalized spacial score (nSPS) is 14.5. The summed E-state index contributed by atoms with van der Waals surface area (Å²) in [4.78, 5) is 10.9. The maximum Gasteiger partial charge on any atom is 0.256 e. The predicted octanol–water partition coefficient (Wildman–Crippen LogP) is 2.17. The van der Waals surface area contributed by atoms with Gasteiger partial charge in [0.2, 0.25) is 5.91 Å². The van der Waals surface area contributed by atoms with Crippen LogP contribution in [0.3, 0.4) is 0 Å². The van der Waals surface area contributed by atoms with Crippen molar-refractivity contribution in [2.24, 2.45) is 5.73 Å². The van der Waals surface area contributed by atoms with Crippen molar-refractivity contribution in [1.29, 1.82) is 0 Å². The van der Waals surface area contributed by atoms with Crippen LogP contribution in [0.4, 0.5) is 14.5 Å². The smallest absolute Gasteiger partial charge is 0.256 e. The van der Waals surface area contributed by atoms with Crippen LogP contribution in [0.15, 0.2) is 24.3 Å². The maximum absolute atomic E-state index is 12.6. The van der Waals surface area contributed by atoms with E-state index in [4.69, 9.17) is 5.73 Å². The van der Waals surface area contributed by atoms with E-state index < -0.39 is 12.0 Å². The first-order valence-electron chi connectivity index (χ1n) is 5.25. The minimum atomic E-state index is -2.59. The van der Waals surface area contributed by atoms with Crippen molar-refractivity contribution >= 4 is 11.6 Å². The highest BCUT2D eigenvalue weighted by molar-refractivity contribution is 5.88. The Morgan fingerprint density at radius 3 is 2.71 bits per heavy atom. The largest absolute Gasteiger partial charge is 0.326 e. The average Bonchev–Trinajstić information content (AvgIpc) is 2.15. The second-order valence-electron chi connectivity index (χ2n) is 4.36. The topological polar surface area (TPSA) is 55.1 Å². The fourth-order valence-corrected chi connectivity index (χ4v) is 1.48. The third kappa shape index (κ3) is 4.11. The third-order valence-corrected chi connectivity index (χ3v) is 2.33. The fraction of sp³-hybridized carbons (Fsp3) is 0.417. The molecule has 1 amide bonds. The fourth-order valence-electron chi connectivity index (χ4n) is 1.48. The first-order chi connectivity index (χ1) is 7.81. The van der Waals surface area contributed by atoms with Crippen LogP contribution in [0.5, 0.6) is 0 Å². The summed E-state index contributed by atoms with van der Waals surface area (Å²) < 4.78 is 25.2. The van der Waals surface area contributed by atoms with Gasteiger partial charge in [-0.1, -0.05) is 12.1 Å². The lowest BCUT2D eigenvalue weighted by atomic mass is 9.94. The highest BCUT2D eigenvalue weighted by Gasteiger charge is 2.30. The number of halogens is 2. The van der Waals surface area contributed by atoms with Gasteiger partial charge >= 0.3 is 0 Å². The molecule has 0 fully saturated rings. The van der Waals surface area contributed by atoms with E-state index in [2.05, 4.69) is 5.32 Å². The van der Waals surface area contributed by atoms with Crippen molar-refractivity contribution in [3.63, 3.8) is 0 Å². The highest BCUT2D eigenvalue weighted by atomic mass is 19.3. The molecule has 0 spiro atoms. The molecule has 0 bridgehead atoms. The molecule has 5 heteroatoms. The number of nitrogens with one attached hydrogen (secondary N) is 1. The Bertz CT molecular complexity index is 405. The van der Waals surface area contributed by atoms with Gasteiger partial charge in [-0.2, -0.15) is 0 Å². The van der Waals surface area contributed by atoms with Crippen LogP contribution in [0, 0.1) is 0 Å². The molecule has 1 aromatic carbocycles. The molecular weight excluding hydrogens is 226 g/mol. The second-order valence-corrected chi connectivity index (χ2v) is 4.36. The van der Waals surface area contributed by atoms with Gasteiger partial charge in [0.1, 0.15) is 0 Å². The van der Waals surface area contributed by atoms with Crippen molar-refractivity contribution < 1.29 is 13.6 Å². The number of carbonyl (C=O) groups excluding carboxylic acids is 1. The number of rotatable bonds is 4. The van der Waals surface area contributed by atoms with Crippen LogP contribution in [0.1, 0.15) is 19.4 Å². The number of alkyl halides is 2. The van der Waals surface area contributed by atoms with Gasteiger partial charge in [0, 0.05) is 12.6 Å². The van der Waals surface area contributed by atoms with Crippen LogP contribution >= 0.6 is 0 Å². The Hall–Kier alpha value is -1.49. The second kappa shape index (κ2) is 5.23. The van der Waals surface area contributed by atoms with Gasteiger partial charge in [-0.15, -0.1) is 0 Å². The summed E-state index contributed by atoms with van der Waals surface area (Å²) in [5, 5.41) is 2.59. The lowest BCUT2D eigenvalue weighted by Gasteiger charge is -2.23. The van der Waals surface area contributed by atoms with E-state index in [1.165, 1.54) is 13.8 Å².